The highest BCUT2D eigenvalue weighted by atomic mass is 28.3. The van der Waals surface area contributed by atoms with Crippen LogP contribution in [0, 0.1) is 0 Å². The van der Waals surface area contributed by atoms with E-state index in [0.29, 0.717) is 6.61 Å². The van der Waals surface area contributed by atoms with Crippen molar-refractivity contribution in [1.82, 2.24) is 0 Å². The molecule has 0 radical (unpaired) electrons. The average Bonchev–Trinajstić information content (AvgIpc) is 2.17. The molecule has 74 valence electrons. The second-order valence-electron chi connectivity index (χ2n) is 2.53. The molecule has 0 bridgehead atoms. The van der Waals surface area contributed by atoms with Crippen molar-refractivity contribution in [2.24, 2.45) is 0 Å². The lowest BCUT2D eigenvalue weighted by Crippen LogP contribution is -1.98. The van der Waals surface area contributed by atoms with Gasteiger partial charge in [0.1, 0.15) is 12.4 Å². The maximum Gasteiger partial charge on any atom is 0.761 e. The maximum atomic E-state index is 8.74. The van der Waals surface area contributed by atoms with E-state index in [-0.39, 0.29) is 0 Å². The molecule has 0 aromatic heterocycles. The average molecular weight is 210 g/mol. The van der Waals surface area contributed by atoms with Crippen molar-refractivity contribution in [1.29, 1.82) is 0 Å². The van der Waals surface area contributed by atoms with Gasteiger partial charge in [-0.1, -0.05) is 24.3 Å². The number of ether oxygens (including phenoxy) is 1. The first-order chi connectivity index (χ1) is 6.70. The number of fused-ring (bicyclic) bond motifs is 1. The van der Waals surface area contributed by atoms with E-state index in [1.54, 1.807) is 0 Å². The Labute approximate surface area is 83.0 Å². The Bertz CT molecular complexity index is 344. The van der Waals surface area contributed by atoms with Crippen molar-refractivity contribution >= 4 is 15.2 Å². The van der Waals surface area contributed by atoms with Crippen LogP contribution in [0.15, 0.2) is 30.3 Å². The molecule has 0 fully saturated rings. The van der Waals surface area contributed by atoms with E-state index in [9.17, 15) is 0 Å². The van der Waals surface area contributed by atoms with Crippen molar-refractivity contribution in [3.05, 3.63) is 35.9 Å². The molecular formula is C9H10O4Si. The van der Waals surface area contributed by atoms with Crippen LogP contribution in [0.4, 0.5) is 0 Å². The highest BCUT2D eigenvalue weighted by Crippen LogP contribution is 2.21. The number of hydrogen-bond acceptors (Lipinski definition) is 2. The smallest absolute Gasteiger partial charge is 0.511 e. The van der Waals surface area contributed by atoms with Gasteiger partial charge in [-0.2, -0.15) is 0 Å². The van der Waals surface area contributed by atoms with E-state index < -0.39 is 9.17 Å². The lowest BCUT2D eigenvalue weighted by atomic mass is 10.1. The van der Waals surface area contributed by atoms with E-state index in [1.165, 1.54) is 5.56 Å². The van der Waals surface area contributed by atoms with Crippen molar-refractivity contribution in [2.45, 2.75) is 0 Å². The van der Waals surface area contributed by atoms with Crippen LogP contribution >= 0.6 is 0 Å². The Morgan fingerprint density at radius 1 is 1.29 bits per heavy atom. The first kappa shape index (κ1) is 10.5. The highest BCUT2D eigenvalue weighted by Gasteiger charge is 2.01. The van der Waals surface area contributed by atoms with Gasteiger partial charge in [-0.25, -0.2) is 0 Å². The molecule has 4 nitrogen and oxygen atoms in total. The summed E-state index contributed by atoms with van der Waals surface area (Å²) in [7, 11) is -3.13. The van der Waals surface area contributed by atoms with Crippen LogP contribution < -0.4 is 4.74 Å². The molecule has 0 aliphatic carbocycles. The molecule has 2 N–H and O–H groups in total. The molecule has 14 heavy (non-hydrogen) atoms. The van der Waals surface area contributed by atoms with Crippen molar-refractivity contribution in [3.8, 4) is 5.75 Å². The van der Waals surface area contributed by atoms with Crippen LogP contribution in [-0.4, -0.2) is 25.4 Å². The van der Waals surface area contributed by atoms with Gasteiger partial charge < -0.3 is 14.3 Å². The van der Waals surface area contributed by atoms with E-state index in [2.05, 4.69) is 6.08 Å². The number of rotatable bonds is 0. The molecule has 0 saturated heterocycles. The summed E-state index contributed by atoms with van der Waals surface area (Å²) in [5, 5.41) is 0. The van der Waals surface area contributed by atoms with Gasteiger partial charge in [0.25, 0.3) is 0 Å². The third-order valence-electron chi connectivity index (χ3n) is 1.55. The van der Waals surface area contributed by atoms with Crippen LogP contribution in [0.1, 0.15) is 5.56 Å². The molecule has 0 saturated carbocycles. The van der Waals surface area contributed by atoms with Crippen LogP contribution in [0.2, 0.25) is 0 Å². The summed E-state index contributed by atoms with van der Waals surface area (Å²) < 4.78 is 14.1. The maximum absolute atomic E-state index is 8.74. The zero-order chi connectivity index (χ0) is 10.4. The molecule has 1 aromatic carbocycles. The zero-order valence-corrected chi connectivity index (χ0v) is 8.38. The van der Waals surface area contributed by atoms with Crippen molar-refractivity contribution < 1.29 is 18.8 Å². The normalized spacial score (nSPS) is 11.7. The van der Waals surface area contributed by atoms with E-state index in [1.807, 2.05) is 30.3 Å². The highest BCUT2D eigenvalue weighted by molar-refractivity contribution is 6.22. The van der Waals surface area contributed by atoms with Gasteiger partial charge in [0.2, 0.25) is 0 Å². The third kappa shape index (κ3) is 3.40. The molecule has 1 heterocycles. The quantitative estimate of drug-likeness (QED) is 0.611. The van der Waals surface area contributed by atoms with Gasteiger partial charge >= 0.3 is 9.17 Å². The van der Waals surface area contributed by atoms with E-state index >= 15 is 0 Å². The van der Waals surface area contributed by atoms with Crippen LogP contribution in [0.5, 0.6) is 5.75 Å². The summed E-state index contributed by atoms with van der Waals surface area (Å²) in [4.78, 5) is 14.3. The van der Waals surface area contributed by atoms with Gasteiger partial charge in [0.15, 0.2) is 0 Å². The van der Waals surface area contributed by atoms with Crippen LogP contribution in [0.3, 0.4) is 0 Å². The Morgan fingerprint density at radius 3 is 2.57 bits per heavy atom. The summed E-state index contributed by atoms with van der Waals surface area (Å²) in [5.41, 5.74) is 1.17. The Hall–Kier alpha value is -1.62. The number of para-hydroxylation sites is 1. The lowest BCUT2D eigenvalue weighted by molar-refractivity contribution is 0.330. The van der Waals surface area contributed by atoms with Crippen LogP contribution in [-0.2, 0) is 4.46 Å². The Kier molecular flexibility index (Phi) is 3.87. The fourth-order valence-electron chi connectivity index (χ4n) is 1.06. The predicted molar refractivity (Wildman–Crippen MR) is 51.8 cm³/mol. The molecular weight excluding hydrogens is 200 g/mol. The molecule has 1 aliphatic heterocycles. The molecule has 0 spiro atoms. The van der Waals surface area contributed by atoms with E-state index in [0.717, 1.165) is 5.75 Å². The molecule has 0 atom stereocenters. The second-order valence-corrected chi connectivity index (χ2v) is 3.10. The van der Waals surface area contributed by atoms with Gasteiger partial charge in [0, 0.05) is 5.56 Å². The second kappa shape index (κ2) is 5.18. The fourth-order valence-corrected chi connectivity index (χ4v) is 1.06. The number of benzene rings is 1. The number of hydrogen-bond donors (Lipinski definition) is 2. The summed E-state index contributed by atoms with van der Waals surface area (Å²) in [6, 6.07) is 8.03. The first-order valence-corrected chi connectivity index (χ1v) is 5.30. The SMILES string of the molecule is C1=Cc2ccccc2OC1.O=[Si](O)O. The minimum Gasteiger partial charge on any atom is -0.511 e. The topological polar surface area (TPSA) is 66.8 Å². The van der Waals surface area contributed by atoms with Gasteiger partial charge in [-0.3, -0.25) is 4.46 Å². The molecule has 1 aliphatic rings. The predicted octanol–water partition coefficient (Wildman–Crippen LogP) is 0.479. The minimum atomic E-state index is -3.13. The summed E-state index contributed by atoms with van der Waals surface area (Å²) in [5.74, 6) is 0.991. The molecule has 1 aromatic rings. The van der Waals surface area contributed by atoms with Crippen molar-refractivity contribution in [2.75, 3.05) is 6.61 Å². The Morgan fingerprint density at radius 2 is 1.93 bits per heavy atom. The third-order valence-corrected chi connectivity index (χ3v) is 1.55. The Balaban J connectivity index is 0.000000213. The summed E-state index contributed by atoms with van der Waals surface area (Å²) in [6.45, 7) is 0.705. The molecule has 2 rings (SSSR count). The fraction of sp³-hybridized carbons (Fsp3) is 0.111. The van der Waals surface area contributed by atoms with Crippen LogP contribution in [0.25, 0.3) is 6.08 Å². The largest absolute Gasteiger partial charge is 0.761 e. The minimum absolute atomic E-state index is 0.705. The monoisotopic (exact) mass is 210 g/mol. The first-order valence-electron chi connectivity index (χ1n) is 4.00. The molecule has 0 amide bonds. The van der Waals surface area contributed by atoms with Gasteiger partial charge in [-0.15, -0.1) is 0 Å². The summed E-state index contributed by atoms with van der Waals surface area (Å²) >= 11 is 0. The lowest BCUT2D eigenvalue weighted by Gasteiger charge is -2.10. The summed E-state index contributed by atoms with van der Waals surface area (Å²) in [6.07, 6.45) is 4.10. The zero-order valence-electron chi connectivity index (χ0n) is 7.38. The van der Waals surface area contributed by atoms with E-state index in [4.69, 9.17) is 18.8 Å². The van der Waals surface area contributed by atoms with Gasteiger partial charge in [-0.05, 0) is 12.1 Å². The van der Waals surface area contributed by atoms with Gasteiger partial charge in [0.05, 0.1) is 0 Å². The molecule has 5 heteroatoms. The standard InChI is InChI=1S/C9H8O.H2O3Si/c1-2-6-9-8(4-1)5-3-7-10-9;1-4(2)3/h1-6H,7H2;1-2H. The van der Waals surface area contributed by atoms with Crippen molar-refractivity contribution in [3.63, 3.8) is 0 Å². The molecule has 0 unspecified atom stereocenters.